The predicted molar refractivity (Wildman–Crippen MR) is 128 cm³/mol. The first-order valence-corrected chi connectivity index (χ1v) is 11.5. The number of piperidine rings is 1. The second-order valence-electron chi connectivity index (χ2n) is 9.18. The lowest BCUT2D eigenvalue weighted by molar-refractivity contribution is -0.127. The number of H-pyrrole nitrogens is 1. The van der Waals surface area contributed by atoms with Crippen molar-refractivity contribution in [2.45, 2.75) is 31.7 Å². The van der Waals surface area contributed by atoms with Crippen molar-refractivity contribution in [2.75, 3.05) is 45.2 Å². The molecule has 3 heterocycles. The molecule has 0 aromatic carbocycles. The number of likely N-dealkylation sites (N-methyl/N-ethyl adjacent to an activating group) is 1. The Bertz CT molecular complexity index is 997. The molecule has 1 aliphatic carbocycles. The second kappa shape index (κ2) is 10.1. The molecule has 4 rings (SSSR count). The molecule has 1 N–H and O–H groups in total. The van der Waals surface area contributed by atoms with Crippen LogP contribution in [-0.2, 0) is 4.79 Å². The van der Waals surface area contributed by atoms with E-state index in [9.17, 15) is 9.59 Å². The van der Waals surface area contributed by atoms with Gasteiger partial charge < -0.3 is 19.7 Å². The zero-order valence-corrected chi connectivity index (χ0v) is 19.0. The Kier molecular flexibility index (Phi) is 7.05. The number of aromatic nitrogens is 2. The molecule has 7 heteroatoms. The molecule has 0 spiro atoms. The predicted octanol–water partition coefficient (Wildman–Crippen LogP) is 2.76. The van der Waals surface area contributed by atoms with Gasteiger partial charge in [-0.05, 0) is 69.5 Å². The van der Waals surface area contributed by atoms with Gasteiger partial charge in [-0.2, -0.15) is 0 Å². The number of carbonyl (C=O) groups is 1. The van der Waals surface area contributed by atoms with Crippen LogP contribution >= 0.6 is 0 Å². The molecule has 2 aromatic rings. The van der Waals surface area contributed by atoms with Gasteiger partial charge in [0.2, 0.25) is 5.91 Å². The van der Waals surface area contributed by atoms with E-state index in [4.69, 9.17) is 0 Å². The molecule has 170 valence electrons. The van der Waals surface area contributed by atoms with Crippen LogP contribution in [0.3, 0.4) is 0 Å². The normalized spacial score (nSPS) is 19.0. The van der Waals surface area contributed by atoms with Crippen molar-refractivity contribution in [2.24, 2.45) is 5.92 Å². The quantitative estimate of drug-likeness (QED) is 0.646. The van der Waals surface area contributed by atoms with Crippen molar-refractivity contribution < 1.29 is 4.79 Å². The van der Waals surface area contributed by atoms with Gasteiger partial charge in [0.1, 0.15) is 5.69 Å². The van der Waals surface area contributed by atoms with E-state index in [0.29, 0.717) is 18.2 Å². The minimum Gasteiger partial charge on any atom is -0.362 e. The smallest absolute Gasteiger partial charge is 0.271 e. The lowest BCUT2D eigenvalue weighted by Crippen LogP contribution is -2.51. The van der Waals surface area contributed by atoms with Crippen molar-refractivity contribution in [3.8, 4) is 11.1 Å². The topological polar surface area (TPSA) is 72.5 Å². The van der Waals surface area contributed by atoms with Gasteiger partial charge >= 0.3 is 0 Å². The molecule has 1 saturated carbocycles. The largest absolute Gasteiger partial charge is 0.362 e. The van der Waals surface area contributed by atoms with Crippen LogP contribution in [0.2, 0.25) is 0 Å². The summed E-state index contributed by atoms with van der Waals surface area (Å²) in [4.78, 5) is 38.9. The summed E-state index contributed by atoms with van der Waals surface area (Å²) in [5.41, 5.74) is 2.62. The summed E-state index contributed by atoms with van der Waals surface area (Å²) >= 11 is 0. The van der Waals surface area contributed by atoms with Crippen molar-refractivity contribution in [3.63, 3.8) is 0 Å². The molecule has 7 nitrogen and oxygen atoms in total. The van der Waals surface area contributed by atoms with E-state index in [1.165, 1.54) is 12.8 Å². The Hall–Kier alpha value is -2.93. The van der Waals surface area contributed by atoms with E-state index >= 15 is 0 Å². The summed E-state index contributed by atoms with van der Waals surface area (Å²) < 4.78 is 0. The monoisotopic (exact) mass is 435 g/mol. The summed E-state index contributed by atoms with van der Waals surface area (Å²) in [6.45, 7) is 3.03. The Morgan fingerprint density at radius 2 is 2.00 bits per heavy atom. The van der Waals surface area contributed by atoms with Gasteiger partial charge in [0.25, 0.3) is 5.56 Å². The zero-order chi connectivity index (χ0) is 22.5. The van der Waals surface area contributed by atoms with Gasteiger partial charge in [-0.25, -0.2) is 0 Å². The fourth-order valence-corrected chi connectivity index (χ4v) is 4.30. The highest BCUT2D eigenvalue weighted by molar-refractivity contribution is 5.87. The van der Waals surface area contributed by atoms with Crippen molar-refractivity contribution in [1.82, 2.24) is 19.8 Å². The minimum atomic E-state index is -0.0715. The number of carbonyl (C=O) groups excluding carboxylic acids is 1. The average Bonchev–Trinajstić information content (AvgIpc) is 3.63. The van der Waals surface area contributed by atoms with Crippen LogP contribution in [-0.4, -0.2) is 72.0 Å². The van der Waals surface area contributed by atoms with Gasteiger partial charge in [0.05, 0.1) is 0 Å². The molecule has 0 unspecified atom stereocenters. The van der Waals surface area contributed by atoms with Crippen LogP contribution in [0.5, 0.6) is 0 Å². The van der Waals surface area contributed by atoms with Gasteiger partial charge in [0, 0.05) is 62.5 Å². The Morgan fingerprint density at radius 1 is 1.22 bits per heavy atom. The average molecular weight is 436 g/mol. The first kappa shape index (κ1) is 22.3. The summed E-state index contributed by atoms with van der Waals surface area (Å²) in [5, 5.41) is 0. The van der Waals surface area contributed by atoms with Gasteiger partial charge in [-0.3, -0.25) is 14.6 Å². The van der Waals surface area contributed by atoms with E-state index in [-0.39, 0.29) is 17.5 Å². The van der Waals surface area contributed by atoms with Crippen LogP contribution in [0, 0.1) is 5.92 Å². The molecule has 2 aromatic heterocycles. The van der Waals surface area contributed by atoms with Gasteiger partial charge in [-0.15, -0.1) is 0 Å². The fourth-order valence-electron chi connectivity index (χ4n) is 4.30. The number of hydrogen-bond donors (Lipinski definition) is 1. The Morgan fingerprint density at radius 3 is 2.72 bits per heavy atom. The summed E-state index contributed by atoms with van der Waals surface area (Å²) in [6.07, 6.45) is 13.2. The molecule has 1 atom stereocenters. The molecule has 1 amide bonds. The number of nitrogens with zero attached hydrogens (tertiary/aromatic N) is 4. The maximum absolute atomic E-state index is 12.9. The number of nitrogens with one attached hydrogen (secondary N) is 1. The van der Waals surface area contributed by atoms with Crippen LogP contribution in [0.1, 0.15) is 25.7 Å². The fraction of sp³-hybridized carbons (Fsp3) is 0.480. The first-order valence-electron chi connectivity index (χ1n) is 11.5. The summed E-state index contributed by atoms with van der Waals surface area (Å²) in [6, 6.07) is 6.03. The molecular formula is C25H33N5O2. The zero-order valence-electron chi connectivity index (χ0n) is 19.0. The maximum Gasteiger partial charge on any atom is 0.271 e. The van der Waals surface area contributed by atoms with Crippen LogP contribution in [0.15, 0.2) is 53.7 Å². The van der Waals surface area contributed by atoms with E-state index in [1.807, 2.05) is 48.2 Å². The molecule has 2 aliphatic rings. The number of rotatable bonds is 8. The molecule has 1 aliphatic heterocycles. The van der Waals surface area contributed by atoms with Crippen LogP contribution < -0.4 is 10.5 Å². The third-order valence-electron chi connectivity index (χ3n) is 6.24. The maximum atomic E-state index is 12.9. The number of amides is 1. The molecule has 1 saturated heterocycles. The van der Waals surface area contributed by atoms with Crippen molar-refractivity contribution >= 4 is 11.6 Å². The third kappa shape index (κ3) is 5.65. The van der Waals surface area contributed by atoms with Gasteiger partial charge in [-0.1, -0.05) is 6.08 Å². The number of hydrogen-bond acceptors (Lipinski definition) is 5. The van der Waals surface area contributed by atoms with Crippen LogP contribution in [0.4, 0.5) is 5.69 Å². The van der Waals surface area contributed by atoms with Crippen LogP contribution in [0.25, 0.3) is 11.1 Å². The van der Waals surface area contributed by atoms with E-state index in [0.717, 1.165) is 43.6 Å². The number of aromatic amines is 1. The minimum absolute atomic E-state index is 0.0577. The number of pyridine rings is 2. The molecule has 0 bridgehead atoms. The lowest BCUT2D eigenvalue weighted by Gasteiger charge is -2.40. The second-order valence-corrected chi connectivity index (χ2v) is 9.18. The van der Waals surface area contributed by atoms with E-state index in [1.54, 1.807) is 24.7 Å². The highest BCUT2D eigenvalue weighted by Gasteiger charge is 2.33. The Labute approximate surface area is 189 Å². The van der Waals surface area contributed by atoms with E-state index < -0.39 is 0 Å². The lowest BCUT2D eigenvalue weighted by atomic mass is 10.0. The summed E-state index contributed by atoms with van der Waals surface area (Å²) in [5.74, 6) is 0.687. The molecule has 32 heavy (non-hydrogen) atoms. The molecule has 2 fully saturated rings. The van der Waals surface area contributed by atoms with Crippen molar-refractivity contribution in [1.29, 1.82) is 0 Å². The summed E-state index contributed by atoms with van der Waals surface area (Å²) in [7, 11) is 3.97. The van der Waals surface area contributed by atoms with Crippen molar-refractivity contribution in [3.05, 3.63) is 59.3 Å². The van der Waals surface area contributed by atoms with E-state index in [2.05, 4.69) is 14.9 Å². The standard InChI is InChI=1S/C25H33N5O2/c1-28(2)13-4-6-24(31)29-14-3-5-22(18-29)30(17-19-7-8-19)23-15-21(16-27-25(23)32)20-9-11-26-12-10-20/h4,6,9-12,15-16,19,22H,3,5,7-8,13-14,17-18H2,1-2H3,(H,27,32)/b6-4+/t22-/m0/s1. The highest BCUT2D eigenvalue weighted by atomic mass is 16.2. The van der Waals surface area contributed by atoms with Gasteiger partial charge in [0.15, 0.2) is 0 Å². The number of anilines is 1. The molecule has 0 radical (unpaired) electrons. The highest BCUT2D eigenvalue weighted by Crippen LogP contribution is 2.33. The third-order valence-corrected chi connectivity index (χ3v) is 6.24. The first-order chi connectivity index (χ1) is 15.5. The molecular weight excluding hydrogens is 402 g/mol. The number of likely N-dealkylation sites (tertiary alicyclic amines) is 1. The SMILES string of the molecule is CN(C)C/C=C/C(=O)N1CCC[C@H](N(CC2CC2)c2cc(-c3ccncc3)c[nH]c2=O)C1. The Balaban J connectivity index is 1.57.